The number of nitrogens with one attached hydrogen (secondary N) is 1. The van der Waals surface area contributed by atoms with E-state index in [-0.39, 0.29) is 6.54 Å². The van der Waals surface area contributed by atoms with Gasteiger partial charge in [-0.25, -0.2) is 26.9 Å². The van der Waals surface area contributed by atoms with E-state index in [1.54, 1.807) is 11.3 Å². The summed E-state index contributed by atoms with van der Waals surface area (Å²) in [4.78, 5) is 3.92. The Balaban J connectivity index is 1.59. The SMILES string of the molecule is O=S(=O)(NCCCc1nc2ccccc2s1)c1ccc(F)cc1F. The molecule has 0 fully saturated rings. The first-order valence-electron chi connectivity index (χ1n) is 7.25. The highest BCUT2D eigenvalue weighted by Gasteiger charge is 2.18. The minimum Gasteiger partial charge on any atom is -0.241 e. The predicted octanol–water partition coefficient (Wildman–Crippen LogP) is 3.49. The third-order valence-corrected chi connectivity index (χ3v) is 5.97. The van der Waals surface area contributed by atoms with Gasteiger partial charge in [0.15, 0.2) is 0 Å². The number of thiazole rings is 1. The van der Waals surface area contributed by atoms with Gasteiger partial charge in [-0.3, -0.25) is 0 Å². The fourth-order valence-corrected chi connectivity index (χ4v) is 4.38. The molecule has 0 saturated carbocycles. The van der Waals surface area contributed by atoms with Crippen LogP contribution in [0.15, 0.2) is 47.4 Å². The number of hydrogen-bond donors (Lipinski definition) is 1. The number of rotatable bonds is 6. The maximum Gasteiger partial charge on any atom is 0.243 e. The van der Waals surface area contributed by atoms with E-state index < -0.39 is 26.6 Å². The average Bonchev–Trinajstić information content (AvgIpc) is 2.94. The number of hydrogen-bond acceptors (Lipinski definition) is 4. The lowest BCUT2D eigenvalue weighted by molar-refractivity contribution is 0.542. The summed E-state index contributed by atoms with van der Waals surface area (Å²) in [7, 11) is -4.00. The molecular weight excluding hydrogens is 354 g/mol. The first-order chi connectivity index (χ1) is 11.5. The fraction of sp³-hybridized carbons (Fsp3) is 0.188. The minimum absolute atomic E-state index is 0.148. The van der Waals surface area contributed by atoms with Crippen molar-refractivity contribution in [2.24, 2.45) is 0 Å². The van der Waals surface area contributed by atoms with Crippen LogP contribution in [0.1, 0.15) is 11.4 Å². The summed E-state index contributed by atoms with van der Waals surface area (Å²) >= 11 is 1.57. The number of para-hydroxylation sites is 1. The number of halogens is 2. The lowest BCUT2D eigenvalue weighted by Gasteiger charge is -2.07. The summed E-state index contributed by atoms with van der Waals surface area (Å²) in [5.74, 6) is -1.92. The molecule has 3 rings (SSSR count). The monoisotopic (exact) mass is 368 g/mol. The van der Waals surface area contributed by atoms with Crippen molar-refractivity contribution in [2.45, 2.75) is 17.7 Å². The molecule has 1 heterocycles. The molecule has 0 bridgehead atoms. The highest BCUT2D eigenvalue weighted by Crippen LogP contribution is 2.22. The summed E-state index contributed by atoms with van der Waals surface area (Å²) in [6.07, 6.45) is 1.15. The van der Waals surface area contributed by atoms with Gasteiger partial charge in [0.05, 0.1) is 15.2 Å². The molecule has 0 spiro atoms. The Labute approximate surface area is 142 Å². The molecule has 3 aromatic rings. The number of benzene rings is 2. The van der Waals surface area contributed by atoms with E-state index in [0.717, 1.165) is 27.4 Å². The zero-order valence-corrected chi connectivity index (χ0v) is 14.1. The van der Waals surface area contributed by atoms with E-state index >= 15 is 0 Å². The van der Waals surface area contributed by atoms with Crippen LogP contribution in [0.4, 0.5) is 8.78 Å². The van der Waals surface area contributed by atoms with E-state index in [1.807, 2.05) is 24.3 Å². The number of fused-ring (bicyclic) bond motifs is 1. The lowest BCUT2D eigenvalue weighted by Crippen LogP contribution is -2.26. The Morgan fingerprint density at radius 3 is 2.67 bits per heavy atom. The molecule has 0 unspecified atom stereocenters. The number of sulfonamides is 1. The Morgan fingerprint density at radius 1 is 1.12 bits per heavy atom. The molecule has 4 nitrogen and oxygen atoms in total. The molecule has 126 valence electrons. The molecule has 0 saturated heterocycles. The molecule has 1 N–H and O–H groups in total. The van der Waals surface area contributed by atoms with E-state index in [4.69, 9.17) is 0 Å². The number of nitrogens with zero attached hydrogens (tertiary/aromatic N) is 1. The molecular formula is C16H14F2N2O2S2. The van der Waals surface area contributed by atoms with Crippen LogP contribution in [0.5, 0.6) is 0 Å². The third-order valence-electron chi connectivity index (χ3n) is 3.38. The van der Waals surface area contributed by atoms with Crippen molar-refractivity contribution >= 4 is 31.6 Å². The van der Waals surface area contributed by atoms with E-state index in [2.05, 4.69) is 9.71 Å². The summed E-state index contributed by atoms with van der Waals surface area (Å²) < 4.78 is 53.9. The van der Waals surface area contributed by atoms with E-state index in [9.17, 15) is 17.2 Å². The van der Waals surface area contributed by atoms with Gasteiger partial charge in [0.1, 0.15) is 16.5 Å². The second-order valence-corrected chi connectivity index (χ2v) is 8.00. The van der Waals surface area contributed by atoms with E-state index in [0.29, 0.717) is 18.9 Å². The molecule has 0 aliphatic rings. The topological polar surface area (TPSA) is 59.1 Å². The zero-order chi connectivity index (χ0) is 17.2. The van der Waals surface area contributed by atoms with Crippen LogP contribution in [-0.4, -0.2) is 19.9 Å². The molecule has 8 heteroatoms. The zero-order valence-electron chi connectivity index (χ0n) is 12.5. The van der Waals surface area contributed by atoms with Crippen LogP contribution in [0.3, 0.4) is 0 Å². The number of aryl methyl sites for hydroxylation is 1. The first-order valence-corrected chi connectivity index (χ1v) is 9.55. The Bertz CT molecular complexity index is 938. The highest BCUT2D eigenvalue weighted by molar-refractivity contribution is 7.89. The highest BCUT2D eigenvalue weighted by atomic mass is 32.2. The van der Waals surface area contributed by atoms with Crippen LogP contribution in [0, 0.1) is 11.6 Å². The first kappa shape index (κ1) is 16.9. The van der Waals surface area contributed by atoms with Gasteiger partial charge >= 0.3 is 0 Å². The molecule has 24 heavy (non-hydrogen) atoms. The van der Waals surface area contributed by atoms with Crippen molar-refractivity contribution < 1.29 is 17.2 Å². The van der Waals surface area contributed by atoms with Gasteiger partial charge in [0.25, 0.3) is 0 Å². The predicted molar refractivity (Wildman–Crippen MR) is 89.5 cm³/mol. The Kier molecular flexibility index (Phi) is 4.88. The molecule has 1 aromatic heterocycles. The largest absolute Gasteiger partial charge is 0.243 e. The van der Waals surface area contributed by atoms with Crippen LogP contribution in [0.2, 0.25) is 0 Å². The molecule has 0 radical (unpaired) electrons. The van der Waals surface area contributed by atoms with Gasteiger partial charge in [-0.2, -0.15) is 0 Å². The van der Waals surface area contributed by atoms with Gasteiger partial charge < -0.3 is 0 Å². The lowest BCUT2D eigenvalue weighted by atomic mass is 10.3. The second kappa shape index (κ2) is 6.92. The van der Waals surface area contributed by atoms with Crippen molar-refractivity contribution in [1.82, 2.24) is 9.71 Å². The van der Waals surface area contributed by atoms with Gasteiger partial charge in [-0.1, -0.05) is 12.1 Å². The van der Waals surface area contributed by atoms with Crippen molar-refractivity contribution in [1.29, 1.82) is 0 Å². The van der Waals surface area contributed by atoms with Gasteiger partial charge in [-0.15, -0.1) is 11.3 Å². The molecule has 0 aliphatic carbocycles. The van der Waals surface area contributed by atoms with Crippen LogP contribution < -0.4 is 4.72 Å². The average molecular weight is 368 g/mol. The maximum absolute atomic E-state index is 13.6. The van der Waals surface area contributed by atoms with Crippen LogP contribution in [0.25, 0.3) is 10.2 Å². The summed E-state index contributed by atoms with van der Waals surface area (Å²) in [6.45, 7) is 0.148. The van der Waals surface area contributed by atoms with Crippen LogP contribution in [-0.2, 0) is 16.4 Å². The Morgan fingerprint density at radius 2 is 1.92 bits per heavy atom. The molecule has 2 aromatic carbocycles. The van der Waals surface area contributed by atoms with Gasteiger partial charge in [-0.05, 0) is 30.7 Å². The fourth-order valence-electron chi connectivity index (χ4n) is 2.24. The minimum atomic E-state index is -4.00. The summed E-state index contributed by atoms with van der Waals surface area (Å²) in [6, 6.07) is 10.1. The smallest absolute Gasteiger partial charge is 0.241 e. The van der Waals surface area contributed by atoms with Gasteiger partial charge in [0, 0.05) is 19.0 Å². The van der Waals surface area contributed by atoms with Crippen LogP contribution >= 0.6 is 11.3 Å². The number of aromatic nitrogens is 1. The summed E-state index contributed by atoms with van der Waals surface area (Å²) in [5, 5.41) is 0.920. The van der Waals surface area contributed by atoms with Crippen molar-refractivity contribution in [3.63, 3.8) is 0 Å². The van der Waals surface area contributed by atoms with Gasteiger partial charge in [0.2, 0.25) is 10.0 Å². The van der Waals surface area contributed by atoms with Crippen molar-refractivity contribution in [2.75, 3.05) is 6.54 Å². The molecule has 0 atom stereocenters. The quantitative estimate of drug-likeness (QED) is 0.678. The normalized spacial score (nSPS) is 11.9. The second-order valence-electron chi connectivity index (χ2n) is 5.15. The van der Waals surface area contributed by atoms with E-state index in [1.165, 1.54) is 0 Å². The molecule has 0 amide bonds. The van der Waals surface area contributed by atoms with Crippen molar-refractivity contribution in [3.05, 3.63) is 59.1 Å². The Hall–Kier alpha value is -1.90. The van der Waals surface area contributed by atoms with Crippen molar-refractivity contribution in [3.8, 4) is 0 Å². The maximum atomic E-state index is 13.6. The standard InChI is InChI=1S/C16H14F2N2O2S2/c17-11-7-8-15(12(18)10-11)24(21,22)19-9-3-6-16-20-13-4-1-2-5-14(13)23-16/h1-2,4-5,7-8,10,19H,3,6,9H2. The molecule has 0 aliphatic heterocycles. The summed E-state index contributed by atoms with van der Waals surface area (Å²) in [5.41, 5.74) is 0.923. The third kappa shape index (κ3) is 3.77.